The van der Waals surface area contributed by atoms with Crippen molar-refractivity contribution >= 4 is 34.7 Å². The number of halogens is 1. The van der Waals surface area contributed by atoms with Gasteiger partial charge in [-0.05, 0) is 32.0 Å². The topological polar surface area (TPSA) is 58.4 Å². The minimum Gasteiger partial charge on any atom is -0.371 e. The number of likely N-dealkylation sites (N-methyl/N-ethyl adjacent to an activating group) is 1. The van der Waals surface area contributed by atoms with E-state index < -0.39 is 11.7 Å². The lowest BCUT2D eigenvalue weighted by Gasteiger charge is -2.35. The van der Waals surface area contributed by atoms with Crippen molar-refractivity contribution in [3.05, 3.63) is 40.2 Å². The lowest BCUT2D eigenvalue weighted by molar-refractivity contribution is -0.114. The van der Waals surface area contributed by atoms with Gasteiger partial charge in [0.05, 0.1) is 22.6 Å². The smallest absolute Gasteiger partial charge is 0.299 e. The Kier molecular flexibility index (Phi) is 4.09. The number of fused-ring (bicyclic) bond motifs is 1. The van der Waals surface area contributed by atoms with Crippen molar-refractivity contribution < 1.29 is 9.59 Å². The van der Waals surface area contributed by atoms with E-state index in [0.717, 1.165) is 5.69 Å². The number of rotatable bonds is 2. The van der Waals surface area contributed by atoms with Gasteiger partial charge in [0, 0.05) is 37.9 Å². The molecule has 0 saturated heterocycles. The summed E-state index contributed by atoms with van der Waals surface area (Å²) in [6.07, 6.45) is 0. The first kappa shape index (κ1) is 16.5. The van der Waals surface area contributed by atoms with Crippen LogP contribution in [0.5, 0.6) is 0 Å². The number of ketones is 1. The highest BCUT2D eigenvalue weighted by Gasteiger charge is 2.32. The zero-order chi connectivity index (χ0) is 17.6. The average molecular weight is 347 g/mol. The normalized spacial score (nSPS) is 13.9. The van der Waals surface area contributed by atoms with Gasteiger partial charge in [-0.15, -0.1) is 0 Å². The number of hydrogen-bond acceptors (Lipinski definition) is 4. The molecule has 6 nitrogen and oxygen atoms in total. The summed E-state index contributed by atoms with van der Waals surface area (Å²) in [7, 11) is 3.71. The van der Waals surface area contributed by atoms with Crippen LogP contribution in [0.4, 0.5) is 11.4 Å². The Morgan fingerprint density at radius 1 is 1.12 bits per heavy atom. The fraction of sp³-hybridized carbons (Fsp3) is 0.353. The van der Waals surface area contributed by atoms with Crippen LogP contribution in [0.3, 0.4) is 0 Å². The molecule has 1 aliphatic rings. The summed E-state index contributed by atoms with van der Waals surface area (Å²) in [4.78, 5) is 29.2. The molecule has 0 N–H and O–H groups in total. The predicted octanol–water partition coefficient (Wildman–Crippen LogP) is 2.36. The van der Waals surface area contributed by atoms with E-state index in [2.05, 4.69) is 5.10 Å². The molecule has 0 spiro atoms. The zero-order valence-corrected chi connectivity index (χ0v) is 14.9. The highest BCUT2D eigenvalue weighted by Crippen LogP contribution is 2.35. The number of carbonyl (C=O) groups is 2. The Morgan fingerprint density at radius 3 is 2.46 bits per heavy atom. The number of aromatic nitrogens is 2. The summed E-state index contributed by atoms with van der Waals surface area (Å²) < 4.78 is 1.62. The standard InChI is InChI=1S/C17H19ClN4O2/c1-10-15(11(2)21(4)19-10)16(23)17(24)22-8-7-20(3)13-6-5-12(18)9-14(13)22/h5-6,9H,7-8H2,1-4H3. The third kappa shape index (κ3) is 2.57. The summed E-state index contributed by atoms with van der Waals surface area (Å²) in [6, 6.07) is 5.37. The van der Waals surface area contributed by atoms with E-state index in [1.807, 2.05) is 18.0 Å². The molecule has 0 bridgehead atoms. The second kappa shape index (κ2) is 5.94. The van der Waals surface area contributed by atoms with Crippen LogP contribution in [-0.4, -0.2) is 41.6 Å². The first-order chi connectivity index (χ1) is 11.3. The number of nitrogens with zero attached hydrogens (tertiary/aromatic N) is 4. The van der Waals surface area contributed by atoms with Crippen LogP contribution in [0.15, 0.2) is 18.2 Å². The summed E-state index contributed by atoms with van der Waals surface area (Å²) in [6.45, 7) is 4.61. The molecular weight excluding hydrogens is 328 g/mol. The molecule has 2 aromatic rings. The molecule has 0 radical (unpaired) electrons. The number of hydrogen-bond donors (Lipinski definition) is 0. The molecule has 0 unspecified atom stereocenters. The lowest BCUT2D eigenvalue weighted by atomic mass is 10.1. The summed E-state index contributed by atoms with van der Waals surface area (Å²) in [5, 5.41) is 4.76. The molecule has 0 saturated carbocycles. The number of anilines is 2. The van der Waals surface area contributed by atoms with E-state index in [-0.39, 0.29) is 0 Å². The maximum absolute atomic E-state index is 12.9. The van der Waals surface area contributed by atoms with Gasteiger partial charge in [-0.25, -0.2) is 0 Å². The molecule has 1 aliphatic heterocycles. The fourth-order valence-corrected chi connectivity index (χ4v) is 3.24. The van der Waals surface area contributed by atoms with Gasteiger partial charge in [-0.2, -0.15) is 5.10 Å². The number of aryl methyl sites for hydroxylation is 2. The summed E-state index contributed by atoms with van der Waals surface area (Å²) in [5.41, 5.74) is 3.17. The quantitative estimate of drug-likeness (QED) is 0.618. The van der Waals surface area contributed by atoms with Crippen LogP contribution in [0, 0.1) is 13.8 Å². The Hall–Kier alpha value is -2.34. The molecule has 7 heteroatoms. The van der Waals surface area contributed by atoms with E-state index in [4.69, 9.17) is 11.6 Å². The molecule has 126 valence electrons. The molecule has 0 fully saturated rings. The van der Waals surface area contributed by atoms with Crippen molar-refractivity contribution in [2.45, 2.75) is 13.8 Å². The molecule has 0 atom stereocenters. The minimum absolute atomic E-state index is 0.380. The molecule has 1 amide bonds. The zero-order valence-electron chi connectivity index (χ0n) is 14.1. The fourth-order valence-electron chi connectivity index (χ4n) is 3.07. The van der Waals surface area contributed by atoms with E-state index in [0.29, 0.717) is 40.8 Å². The largest absolute Gasteiger partial charge is 0.371 e. The van der Waals surface area contributed by atoms with E-state index in [1.165, 1.54) is 4.90 Å². The second-order valence-electron chi connectivity index (χ2n) is 6.01. The summed E-state index contributed by atoms with van der Waals surface area (Å²) in [5.74, 6) is -1.08. The van der Waals surface area contributed by atoms with Crippen molar-refractivity contribution in [1.82, 2.24) is 9.78 Å². The van der Waals surface area contributed by atoms with Gasteiger partial charge in [0.1, 0.15) is 0 Å². The predicted molar refractivity (Wildman–Crippen MR) is 94.1 cm³/mol. The highest BCUT2D eigenvalue weighted by molar-refractivity contribution is 6.48. The minimum atomic E-state index is -0.550. The second-order valence-corrected chi connectivity index (χ2v) is 6.45. The van der Waals surface area contributed by atoms with Gasteiger partial charge < -0.3 is 9.80 Å². The molecule has 24 heavy (non-hydrogen) atoms. The Morgan fingerprint density at radius 2 is 1.83 bits per heavy atom. The highest BCUT2D eigenvalue weighted by atomic mass is 35.5. The van der Waals surface area contributed by atoms with Crippen LogP contribution in [0.25, 0.3) is 0 Å². The molecular formula is C17H19ClN4O2. The molecule has 3 rings (SSSR count). The Labute approximate surface area is 145 Å². The summed E-state index contributed by atoms with van der Waals surface area (Å²) >= 11 is 6.09. The lowest BCUT2D eigenvalue weighted by Crippen LogP contribution is -2.45. The first-order valence-electron chi connectivity index (χ1n) is 7.68. The van der Waals surface area contributed by atoms with Crippen molar-refractivity contribution in [3.63, 3.8) is 0 Å². The van der Waals surface area contributed by atoms with Gasteiger partial charge in [0.25, 0.3) is 11.7 Å². The van der Waals surface area contributed by atoms with E-state index in [1.54, 1.807) is 37.7 Å². The molecule has 1 aromatic carbocycles. The Balaban J connectivity index is 2.01. The van der Waals surface area contributed by atoms with Gasteiger partial charge >= 0.3 is 0 Å². The SMILES string of the molecule is Cc1nn(C)c(C)c1C(=O)C(=O)N1CCN(C)c2ccc(Cl)cc21. The monoisotopic (exact) mass is 346 g/mol. The first-order valence-corrected chi connectivity index (χ1v) is 8.06. The van der Waals surface area contributed by atoms with Gasteiger partial charge in [-0.3, -0.25) is 14.3 Å². The van der Waals surface area contributed by atoms with Crippen molar-refractivity contribution in [2.75, 3.05) is 29.9 Å². The van der Waals surface area contributed by atoms with Crippen molar-refractivity contribution in [2.24, 2.45) is 7.05 Å². The van der Waals surface area contributed by atoms with Crippen LogP contribution in [-0.2, 0) is 11.8 Å². The van der Waals surface area contributed by atoms with Crippen LogP contribution < -0.4 is 9.80 Å². The third-order valence-electron chi connectivity index (χ3n) is 4.47. The number of benzene rings is 1. The van der Waals surface area contributed by atoms with Crippen molar-refractivity contribution in [1.29, 1.82) is 0 Å². The van der Waals surface area contributed by atoms with E-state index in [9.17, 15) is 9.59 Å². The number of amides is 1. The van der Waals surface area contributed by atoms with Crippen LogP contribution in [0.1, 0.15) is 21.7 Å². The molecule has 2 heterocycles. The molecule has 1 aromatic heterocycles. The average Bonchev–Trinajstić information content (AvgIpc) is 2.79. The van der Waals surface area contributed by atoms with Gasteiger partial charge in [0.2, 0.25) is 0 Å². The van der Waals surface area contributed by atoms with Crippen LogP contribution in [0.2, 0.25) is 5.02 Å². The molecule has 0 aliphatic carbocycles. The number of Topliss-reactive ketones (excluding diaryl/α,β-unsaturated/α-hetero) is 1. The number of carbonyl (C=O) groups excluding carboxylic acids is 2. The third-order valence-corrected chi connectivity index (χ3v) is 4.71. The van der Waals surface area contributed by atoms with Crippen molar-refractivity contribution in [3.8, 4) is 0 Å². The van der Waals surface area contributed by atoms with Crippen LogP contribution >= 0.6 is 11.6 Å². The maximum atomic E-state index is 12.9. The maximum Gasteiger partial charge on any atom is 0.299 e. The van der Waals surface area contributed by atoms with Gasteiger partial charge in [0.15, 0.2) is 0 Å². The van der Waals surface area contributed by atoms with Gasteiger partial charge in [-0.1, -0.05) is 11.6 Å². The Bertz CT molecular complexity index is 843. The van der Waals surface area contributed by atoms with E-state index >= 15 is 0 Å².